The number of hydrogen-bond donors (Lipinski definition) is 1. The minimum absolute atomic E-state index is 1.11. The summed E-state index contributed by atoms with van der Waals surface area (Å²) in [5.41, 5.74) is 0. The van der Waals surface area contributed by atoms with E-state index in [2.05, 4.69) is 44.2 Å². The van der Waals surface area contributed by atoms with Gasteiger partial charge in [0.25, 0.3) is 0 Å². The Bertz CT molecular complexity index is 289. The molecule has 0 saturated carbocycles. The van der Waals surface area contributed by atoms with Crippen LogP contribution in [0.4, 0.5) is 0 Å². The van der Waals surface area contributed by atoms with E-state index in [1.54, 1.807) is 5.19 Å². The fourth-order valence-electron chi connectivity index (χ4n) is 2.49. The lowest BCUT2D eigenvalue weighted by Crippen LogP contribution is -2.50. The van der Waals surface area contributed by atoms with E-state index in [0.717, 1.165) is 5.38 Å². The topological polar surface area (TPSA) is 0 Å². The van der Waals surface area contributed by atoms with Crippen LogP contribution >= 0.6 is 12.6 Å². The quantitative estimate of drug-likeness (QED) is 0.523. The van der Waals surface area contributed by atoms with Crippen LogP contribution in [0.3, 0.4) is 0 Å². The van der Waals surface area contributed by atoms with E-state index in [0.29, 0.717) is 0 Å². The lowest BCUT2D eigenvalue weighted by Gasteiger charge is -2.31. The van der Waals surface area contributed by atoms with Gasteiger partial charge in [-0.25, -0.2) is 0 Å². The first-order valence-corrected chi connectivity index (χ1v) is 10.2. The van der Waals surface area contributed by atoms with Crippen LogP contribution < -0.4 is 5.19 Å². The second kappa shape index (κ2) is 7.99. The van der Waals surface area contributed by atoms with Crippen LogP contribution in [0.15, 0.2) is 30.3 Å². The summed E-state index contributed by atoms with van der Waals surface area (Å²) in [5.74, 6) is 0. The fraction of sp³-hybridized carbons (Fsp3) is 0.600. The molecule has 0 nitrogen and oxygen atoms in total. The number of unbranched alkanes of at least 4 members (excludes halogenated alkanes) is 2. The molecule has 17 heavy (non-hydrogen) atoms. The van der Waals surface area contributed by atoms with Crippen molar-refractivity contribution in [3.05, 3.63) is 30.3 Å². The molecule has 0 radical (unpaired) electrons. The molecule has 1 aromatic rings. The van der Waals surface area contributed by atoms with Crippen molar-refractivity contribution in [1.29, 1.82) is 0 Å². The van der Waals surface area contributed by atoms with Gasteiger partial charge in [-0.3, -0.25) is 0 Å². The molecule has 0 aliphatic rings. The second-order valence-corrected chi connectivity index (χ2v) is 10.4. The maximum absolute atomic E-state index is 4.72. The SMILES string of the molecule is CCCC[Si](CS)(CCCC)c1ccccc1. The molecule has 0 saturated heterocycles. The van der Waals surface area contributed by atoms with Crippen molar-refractivity contribution in [3.63, 3.8) is 0 Å². The molecule has 0 spiro atoms. The molecule has 1 aromatic carbocycles. The molecule has 0 aromatic heterocycles. The highest BCUT2D eigenvalue weighted by Crippen LogP contribution is 2.23. The van der Waals surface area contributed by atoms with Crippen molar-refractivity contribution in [2.45, 2.75) is 51.6 Å². The minimum Gasteiger partial charge on any atom is -0.182 e. The van der Waals surface area contributed by atoms with Gasteiger partial charge < -0.3 is 0 Å². The van der Waals surface area contributed by atoms with Gasteiger partial charge in [0.15, 0.2) is 0 Å². The molecule has 96 valence electrons. The van der Waals surface area contributed by atoms with E-state index in [9.17, 15) is 0 Å². The highest BCUT2D eigenvalue weighted by Gasteiger charge is 2.31. The summed E-state index contributed by atoms with van der Waals surface area (Å²) in [6.07, 6.45) is 5.35. The minimum atomic E-state index is -1.32. The van der Waals surface area contributed by atoms with E-state index >= 15 is 0 Å². The van der Waals surface area contributed by atoms with Gasteiger partial charge in [0.2, 0.25) is 0 Å². The molecule has 0 unspecified atom stereocenters. The molecule has 0 N–H and O–H groups in total. The molecule has 0 heterocycles. The Labute approximate surface area is 113 Å². The van der Waals surface area contributed by atoms with E-state index < -0.39 is 8.07 Å². The first-order chi connectivity index (χ1) is 8.29. The molecule has 2 heteroatoms. The number of hydrogen-bond acceptors (Lipinski definition) is 1. The van der Waals surface area contributed by atoms with E-state index in [1.165, 1.54) is 37.8 Å². The van der Waals surface area contributed by atoms with Crippen molar-refractivity contribution in [3.8, 4) is 0 Å². The van der Waals surface area contributed by atoms with Crippen LogP contribution in [0.2, 0.25) is 12.1 Å². The average Bonchev–Trinajstić information content (AvgIpc) is 2.41. The number of rotatable bonds is 8. The van der Waals surface area contributed by atoms with Gasteiger partial charge in [-0.05, 0) is 5.38 Å². The normalized spacial score (nSPS) is 11.7. The highest BCUT2D eigenvalue weighted by atomic mass is 32.1. The van der Waals surface area contributed by atoms with Gasteiger partial charge in [-0.1, -0.05) is 87.1 Å². The standard InChI is InChI=1S/C15H26SSi/c1-3-5-12-17(14-16,13-6-4-2)15-10-8-7-9-11-15/h7-11,16H,3-6,12-14H2,1-2H3. The molecule has 0 bridgehead atoms. The molecular formula is C15H26SSi. The largest absolute Gasteiger partial charge is 0.182 e. The Kier molecular flexibility index (Phi) is 6.98. The Morgan fingerprint density at radius 2 is 1.47 bits per heavy atom. The zero-order chi connectivity index (χ0) is 12.6. The molecular weight excluding hydrogens is 240 g/mol. The molecule has 0 amide bonds. The van der Waals surface area contributed by atoms with Crippen molar-refractivity contribution in [2.75, 3.05) is 5.38 Å². The maximum atomic E-state index is 4.72. The highest BCUT2D eigenvalue weighted by molar-refractivity contribution is 7.82. The van der Waals surface area contributed by atoms with Gasteiger partial charge in [0, 0.05) is 0 Å². The van der Waals surface area contributed by atoms with Gasteiger partial charge in [0.1, 0.15) is 0 Å². The van der Waals surface area contributed by atoms with Gasteiger partial charge in [-0.15, -0.1) is 0 Å². The molecule has 1 rings (SSSR count). The van der Waals surface area contributed by atoms with Crippen LogP contribution in [0.5, 0.6) is 0 Å². The third-order valence-electron chi connectivity index (χ3n) is 3.71. The predicted molar refractivity (Wildman–Crippen MR) is 85.1 cm³/mol. The summed E-state index contributed by atoms with van der Waals surface area (Å²) in [4.78, 5) is 0. The second-order valence-electron chi connectivity index (χ2n) is 5.01. The molecule has 0 atom stereocenters. The summed E-state index contributed by atoms with van der Waals surface area (Å²) in [6, 6.07) is 14.0. The van der Waals surface area contributed by atoms with Crippen molar-refractivity contribution < 1.29 is 0 Å². The van der Waals surface area contributed by atoms with E-state index in [4.69, 9.17) is 12.6 Å². The summed E-state index contributed by atoms with van der Waals surface area (Å²) in [6.45, 7) is 4.59. The lowest BCUT2D eigenvalue weighted by atomic mass is 10.4. The molecule has 0 fully saturated rings. The van der Waals surface area contributed by atoms with Crippen LogP contribution in [0, 0.1) is 0 Å². The monoisotopic (exact) mass is 266 g/mol. The number of benzene rings is 1. The van der Waals surface area contributed by atoms with E-state index in [1.807, 2.05) is 0 Å². The van der Waals surface area contributed by atoms with Crippen LogP contribution in [0.25, 0.3) is 0 Å². The third kappa shape index (κ3) is 4.18. The lowest BCUT2D eigenvalue weighted by molar-refractivity contribution is 0.834. The summed E-state index contributed by atoms with van der Waals surface area (Å²) < 4.78 is 0. The maximum Gasteiger partial charge on any atom is 0.0961 e. The smallest absolute Gasteiger partial charge is 0.0961 e. The predicted octanol–water partition coefficient (Wildman–Crippen LogP) is 4.41. The van der Waals surface area contributed by atoms with Crippen LogP contribution in [0.1, 0.15) is 39.5 Å². The molecule has 0 aliphatic heterocycles. The third-order valence-corrected chi connectivity index (χ3v) is 10.3. The summed E-state index contributed by atoms with van der Waals surface area (Å²) >= 11 is 4.72. The van der Waals surface area contributed by atoms with Gasteiger partial charge in [-0.2, -0.15) is 12.6 Å². The average molecular weight is 267 g/mol. The zero-order valence-electron chi connectivity index (χ0n) is 11.3. The Morgan fingerprint density at radius 1 is 0.941 bits per heavy atom. The van der Waals surface area contributed by atoms with E-state index in [-0.39, 0.29) is 0 Å². The first-order valence-electron chi connectivity index (χ1n) is 6.95. The zero-order valence-corrected chi connectivity index (χ0v) is 13.2. The van der Waals surface area contributed by atoms with Crippen LogP contribution in [-0.4, -0.2) is 13.5 Å². The summed E-state index contributed by atoms with van der Waals surface area (Å²) in [5, 5.41) is 2.73. The summed E-state index contributed by atoms with van der Waals surface area (Å²) in [7, 11) is -1.32. The van der Waals surface area contributed by atoms with Gasteiger partial charge in [0.05, 0.1) is 8.07 Å². The fourth-order valence-corrected chi connectivity index (χ4v) is 8.27. The Morgan fingerprint density at radius 3 is 1.88 bits per heavy atom. The Hall–Kier alpha value is -0.213. The Balaban J connectivity index is 2.89. The van der Waals surface area contributed by atoms with Crippen molar-refractivity contribution in [1.82, 2.24) is 0 Å². The first kappa shape index (κ1) is 14.8. The molecule has 0 aliphatic carbocycles. The van der Waals surface area contributed by atoms with Crippen molar-refractivity contribution in [2.24, 2.45) is 0 Å². The van der Waals surface area contributed by atoms with Crippen molar-refractivity contribution >= 4 is 25.9 Å². The van der Waals surface area contributed by atoms with Crippen LogP contribution in [-0.2, 0) is 0 Å². The number of thiol groups is 1. The van der Waals surface area contributed by atoms with Gasteiger partial charge >= 0.3 is 0 Å².